The molecule has 0 atom stereocenters. The van der Waals surface area contributed by atoms with Crippen LogP contribution >= 0.6 is 15.9 Å². The summed E-state index contributed by atoms with van der Waals surface area (Å²) in [5, 5.41) is 11.5. The van der Waals surface area contributed by atoms with Crippen LogP contribution in [-0.4, -0.2) is 23.2 Å². The number of nitrogens with zero attached hydrogens (tertiary/aromatic N) is 1. The van der Waals surface area contributed by atoms with E-state index in [0.717, 1.165) is 25.7 Å². The molecule has 0 spiro atoms. The summed E-state index contributed by atoms with van der Waals surface area (Å²) in [6.07, 6.45) is 5.40. The van der Waals surface area contributed by atoms with E-state index in [9.17, 15) is 4.39 Å². The van der Waals surface area contributed by atoms with Gasteiger partial charge in [0.05, 0.1) is 0 Å². The lowest BCUT2D eigenvalue weighted by Gasteiger charge is -2.06. The van der Waals surface area contributed by atoms with Crippen molar-refractivity contribution in [3.8, 4) is 0 Å². The zero-order valence-corrected chi connectivity index (χ0v) is 10.6. The second kappa shape index (κ2) is 7.57. The molecule has 1 aromatic heterocycles. The number of anilines is 1. The molecule has 0 bridgehead atoms. The third-order valence-corrected chi connectivity index (χ3v) is 2.62. The van der Waals surface area contributed by atoms with E-state index >= 15 is 0 Å². The van der Waals surface area contributed by atoms with Crippen molar-refractivity contribution in [1.82, 2.24) is 4.98 Å². The number of hydrogen-bond donors (Lipinski definition) is 2. The molecule has 1 rings (SSSR count). The van der Waals surface area contributed by atoms with E-state index in [-0.39, 0.29) is 12.4 Å². The lowest BCUT2D eigenvalue weighted by molar-refractivity contribution is 0.283. The third-order valence-electron chi connectivity index (χ3n) is 2.19. The summed E-state index contributed by atoms with van der Waals surface area (Å²) in [6.45, 7) is 0.952. The van der Waals surface area contributed by atoms with Crippen LogP contribution in [0.2, 0.25) is 0 Å². The first-order valence-electron chi connectivity index (χ1n) is 5.40. The third kappa shape index (κ3) is 4.90. The first-order valence-corrected chi connectivity index (χ1v) is 6.19. The first-order chi connectivity index (χ1) is 7.74. The average molecular weight is 291 g/mol. The fourth-order valence-electron chi connectivity index (χ4n) is 1.34. The quantitative estimate of drug-likeness (QED) is 0.759. The zero-order valence-electron chi connectivity index (χ0n) is 9.05. The number of hydrogen-bond acceptors (Lipinski definition) is 3. The summed E-state index contributed by atoms with van der Waals surface area (Å²) in [7, 11) is 0. The maximum atomic E-state index is 13.3. The molecule has 0 fully saturated rings. The standard InChI is InChI=1S/C11H16BrFN2O/c12-9-7-10(13)11(15-8-9)14-5-3-1-2-4-6-16/h7-8,16H,1-6H2,(H,14,15). The predicted molar refractivity (Wildman–Crippen MR) is 65.9 cm³/mol. The fraction of sp³-hybridized carbons (Fsp3) is 0.545. The molecule has 0 aromatic carbocycles. The van der Waals surface area contributed by atoms with Crippen molar-refractivity contribution >= 4 is 21.7 Å². The van der Waals surface area contributed by atoms with Gasteiger partial charge in [0, 0.05) is 23.8 Å². The Hall–Kier alpha value is -0.680. The smallest absolute Gasteiger partial charge is 0.166 e. The molecule has 0 saturated heterocycles. The number of unbranched alkanes of at least 4 members (excludes halogenated alkanes) is 3. The van der Waals surface area contributed by atoms with Crippen molar-refractivity contribution in [2.24, 2.45) is 0 Å². The van der Waals surface area contributed by atoms with Crippen LogP contribution in [0.1, 0.15) is 25.7 Å². The van der Waals surface area contributed by atoms with Gasteiger partial charge in [0.2, 0.25) is 0 Å². The van der Waals surface area contributed by atoms with Gasteiger partial charge in [0.1, 0.15) is 0 Å². The van der Waals surface area contributed by atoms with Crippen LogP contribution in [0.15, 0.2) is 16.7 Å². The summed E-state index contributed by atoms with van der Waals surface area (Å²) in [6, 6.07) is 1.39. The van der Waals surface area contributed by atoms with E-state index in [4.69, 9.17) is 5.11 Å². The van der Waals surface area contributed by atoms with Crippen LogP contribution in [0.4, 0.5) is 10.2 Å². The normalized spacial score (nSPS) is 10.4. The molecule has 90 valence electrons. The van der Waals surface area contributed by atoms with Gasteiger partial charge in [-0.2, -0.15) is 0 Å². The molecule has 2 N–H and O–H groups in total. The molecule has 0 aliphatic heterocycles. The van der Waals surface area contributed by atoms with Crippen molar-refractivity contribution in [3.63, 3.8) is 0 Å². The van der Waals surface area contributed by atoms with E-state index in [1.807, 2.05) is 0 Å². The van der Waals surface area contributed by atoms with Gasteiger partial charge in [-0.05, 0) is 34.8 Å². The van der Waals surface area contributed by atoms with Crippen molar-refractivity contribution < 1.29 is 9.50 Å². The second-order valence-corrected chi connectivity index (χ2v) is 4.46. The molecule has 5 heteroatoms. The highest BCUT2D eigenvalue weighted by Crippen LogP contribution is 2.16. The van der Waals surface area contributed by atoms with E-state index in [1.54, 1.807) is 6.20 Å². The first kappa shape index (κ1) is 13.4. The van der Waals surface area contributed by atoms with Crippen LogP contribution in [0.3, 0.4) is 0 Å². The number of aliphatic hydroxyl groups excluding tert-OH is 1. The Morgan fingerprint density at radius 2 is 2.06 bits per heavy atom. The Bertz CT molecular complexity index is 323. The molecule has 0 saturated carbocycles. The monoisotopic (exact) mass is 290 g/mol. The van der Waals surface area contributed by atoms with Crippen molar-refractivity contribution in [3.05, 3.63) is 22.6 Å². The van der Waals surface area contributed by atoms with Gasteiger partial charge in [0.25, 0.3) is 0 Å². The van der Waals surface area contributed by atoms with Crippen LogP contribution in [0.5, 0.6) is 0 Å². The number of nitrogens with one attached hydrogen (secondary N) is 1. The summed E-state index contributed by atoms with van der Waals surface area (Å²) in [4.78, 5) is 3.94. The summed E-state index contributed by atoms with van der Waals surface area (Å²) >= 11 is 3.15. The molecule has 0 radical (unpaired) electrons. The molecule has 0 aliphatic carbocycles. The number of halogens is 2. The van der Waals surface area contributed by atoms with Gasteiger partial charge >= 0.3 is 0 Å². The van der Waals surface area contributed by atoms with Crippen molar-refractivity contribution in [1.29, 1.82) is 0 Å². The minimum Gasteiger partial charge on any atom is -0.396 e. The van der Waals surface area contributed by atoms with Gasteiger partial charge in [-0.25, -0.2) is 9.37 Å². The number of pyridine rings is 1. The highest BCUT2D eigenvalue weighted by Gasteiger charge is 2.02. The highest BCUT2D eigenvalue weighted by atomic mass is 79.9. The fourth-order valence-corrected chi connectivity index (χ4v) is 1.65. The predicted octanol–water partition coefficient (Wildman–Crippen LogP) is 2.95. The van der Waals surface area contributed by atoms with Gasteiger partial charge in [-0.15, -0.1) is 0 Å². The lowest BCUT2D eigenvalue weighted by Crippen LogP contribution is -2.05. The molecule has 0 amide bonds. The molecule has 0 aliphatic rings. The minimum absolute atomic E-state index is 0.246. The molecule has 16 heavy (non-hydrogen) atoms. The molecule has 1 heterocycles. The topological polar surface area (TPSA) is 45.1 Å². The maximum absolute atomic E-state index is 13.3. The Kier molecular flexibility index (Phi) is 6.33. The summed E-state index contributed by atoms with van der Waals surface area (Å²) in [5.41, 5.74) is 0. The number of aromatic nitrogens is 1. The highest BCUT2D eigenvalue weighted by molar-refractivity contribution is 9.10. The maximum Gasteiger partial charge on any atom is 0.166 e. The molecule has 0 unspecified atom stereocenters. The Labute approximate surface area is 103 Å². The zero-order chi connectivity index (χ0) is 11.8. The largest absolute Gasteiger partial charge is 0.396 e. The molecule has 3 nitrogen and oxygen atoms in total. The SMILES string of the molecule is OCCCCCCNc1ncc(Br)cc1F. The Morgan fingerprint density at radius 1 is 1.31 bits per heavy atom. The summed E-state index contributed by atoms with van der Waals surface area (Å²) < 4.78 is 13.9. The molecular weight excluding hydrogens is 275 g/mol. The van der Waals surface area contributed by atoms with Crippen LogP contribution in [0, 0.1) is 5.82 Å². The van der Waals surface area contributed by atoms with Crippen LogP contribution in [0.25, 0.3) is 0 Å². The summed E-state index contributed by atoms with van der Waals surface area (Å²) in [5.74, 6) is -0.0462. The van der Waals surface area contributed by atoms with Gasteiger partial charge < -0.3 is 10.4 Å². The Morgan fingerprint density at radius 3 is 2.75 bits per heavy atom. The van der Waals surface area contributed by atoms with E-state index < -0.39 is 0 Å². The van der Waals surface area contributed by atoms with Crippen molar-refractivity contribution in [2.75, 3.05) is 18.5 Å². The van der Waals surface area contributed by atoms with Gasteiger partial charge in [-0.3, -0.25) is 0 Å². The van der Waals surface area contributed by atoms with Crippen LogP contribution in [-0.2, 0) is 0 Å². The Balaban J connectivity index is 2.21. The second-order valence-electron chi connectivity index (χ2n) is 3.55. The van der Waals surface area contributed by atoms with E-state index in [0.29, 0.717) is 16.8 Å². The molecule has 1 aromatic rings. The van der Waals surface area contributed by atoms with Crippen molar-refractivity contribution in [2.45, 2.75) is 25.7 Å². The van der Waals surface area contributed by atoms with E-state index in [1.165, 1.54) is 6.07 Å². The minimum atomic E-state index is -0.343. The lowest BCUT2D eigenvalue weighted by atomic mass is 10.2. The van der Waals surface area contributed by atoms with E-state index in [2.05, 4.69) is 26.2 Å². The average Bonchev–Trinajstić information content (AvgIpc) is 2.26. The van der Waals surface area contributed by atoms with Crippen LogP contribution < -0.4 is 5.32 Å². The van der Waals surface area contributed by atoms with Gasteiger partial charge in [0.15, 0.2) is 11.6 Å². The van der Waals surface area contributed by atoms with Gasteiger partial charge in [-0.1, -0.05) is 12.8 Å². The molecular formula is C11H16BrFN2O. The number of aliphatic hydroxyl groups is 1. The number of rotatable bonds is 7.